The summed E-state index contributed by atoms with van der Waals surface area (Å²) in [6, 6.07) is 11.3. The Hall–Kier alpha value is -2.29. The molecule has 0 amide bonds. The van der Waals surface area contributed by atoms with Crippen molar-refractivity contribution >= 4 is 17.4 Å². The fourth-order valence-corrected chi connectivity index (χ4v) is 2.07. The minimum absolute atomic E-state index is 0.414. The van der Waals surface area contributed by atoms with Gasteiger partial charge >= 0.3 is 0 Å². The molecule has 1 heterocycles. The van der Waals surface area contributed by atoms with Crippen molar-refractivity contribution in [2.45, 2.75) is 6.54 Å². The quantitative estimate of drug-likeness (QED) is 0.794. The number of nitrogens with zero attached hydrogens (tertiary/aromatic N) is 2. The van der Waals surface area contributed by atoms with Crippen LogP contribution in [0.25, 0.3) is 0 Å². The first-order chi connectivity index (χ1) is 10.7. The SMILES string of the molecule is COCCOc1ccccc1CNc1ncc(C#N)cc1Cl. The van der Waals surface area contributed by atoms with Crippen LogP contribution in [0.3, 0.4) is 0 Å². The number of pyridine rings is 1. The molecule has 114 valence electrons. The van der Waals surface area contributed by atoms with Gasteiger partial charge in [0, 0.05) is 25.4 Å². The molecule has 0 saturated carbocycles. The van der Waals surface area contributed by atoms with Gasteiger partial charge in [-0.05, 0) is 12.1 Å². The highest BCUT2D eigenvalue weighted by Gasteiger charge is 2.06. The van der Waals surface area contributed by atoms with Crippen LogP contribution in [0, 0.1) is 11.3 Å². The molecule has 0 unspecified atom stereocenters. The van der Waals surface area contributed by atoms with Gasteiger partial charge in [0.1, 0.15) is 24.2 Å². The van der Waals surface area contributed by atoms with E-state index in [9.17, 15) is 0 Å². The van der Waals surface area contributed by atoms with Crippen LogP contribution in [-0.4, -0.2) is 25.3 Å². The van der Waals surface area contributed by atoms with Crippen molar-refractivity contribution in [2.24, 2.45) is 0 Å². The van der Waals surface area contributed by atoms with E-state index >= 15 is 0 Å². The van der Waals surface area contributed by atoms with Crippen LogP contribution in [0.5, 0.6) is 5.75 Å². The van der Waals surface area contributed by atoms with Gasteiger partial charge in [-0.2, -0.15) is 5.26 Å². The molecule has 1 aromatic heterocycles. The van der Waals surface area contributed by atoms with E-state index in [1.165, 1.54) is 6.20 Å². The number of anilines is 1. The highest BCUT2D eigenvalue weighted by Crippen LogP contribution is 2.23. The number of benzene rings is 1. The maximum absolute atomic E-state index is 8.80. The third kappa shape index (κ3) is 4.35. The maximum Gasteiger partial charge on any atom is 0.145 e. The Balaban J connectivity index is 2.04. The Morgan fingerprint density at radius 2 is 2.14 bits per heavy atom. The molecule has 2 aromatic rings. The summed E-state index contributed by atoms with van der Waals surface area (Å²) in [7, 11) is 1.63. The minimum Gasteiger partial charge on any atom is -0.491 e. The standard InChI is InChI=1S/C16H16ClN3O2/c1-21-6-7-22-15-5-3-2-4-13(15)11-20-16-14(17)8-12(9-18)10-19-16/h2-5,8,10H,6-7,11H2,1H3,(H,19,20). The summed E-state index contributed by atoms with van der Waals surface area (Å²) < 4.78 is 10.6. The van der Waals surface area contributed by atoms with Crippen molar-refractivity contribution < 1.29 is 9.47 Å². The Labute approximate surface area is 134 Å². The maximum atomic E-state index is 8.80. The Morgan fingerprint density at radius 1 is 1.32 bits per heavy atom. The molecule has 0 aliphatic heterocycles. The molecule has 1 N–H and O–H groups in total. The van der Waals surface area contributed by atoms with Crippen molar-refractivity contribution in [2.75, 3.05) is 25.6 Å². The lowest BCUT2D eigenvalue weighted by Gasteiger charge is -2.12. The van der Waals surface area contributed by atoms with E-state index in [2.05, 4.69) is 10.3 Å². The molecular weight excluding hydrogens is 302 g/mol. The van der Waals surface area contributed by atoms with E-state index in [0.29, 0.717) is 36.2 Å². The van der Waals surface area contributed by atoms with Gasteiger partial charge in [0.05, 0.1) is 17.2 Å². The van der Waals surface area contributed by atoms with Crippen LogP contribution in [0.1, 0.15) is 11.1 Å². The van der Waals surface area contributed by atoms with E-state index in [4.69, 9.17) is 26.3 Å². The predicted octanol–water partition coefficient (Wildman–Crippen LogP) is 3.24. The van der Waals surface area contributed by atoms with Crippen molar-refractivity contribution in [1.29, 1.82) is 5.26 Å². The molecule has 0 spiro atoms. The lowest BCUT2D eigenvalue weighted by atomic mass is 10.2. The summed E-state index contributed by atoms with van der Waals surface area (Å²) in [5, 5.41) is 12.4. The molecule has 22 heavy (non-hydrogen) atoms. The van der Waals surface area contributed by atoms with Gasteiger partial charge in [0.15, 0.2) is 0 Å². The molecule has 5 nitrogen and oxygen atoms in total. The molecule has 2 rings (SSSR count). The third-order valence-electron chi connectivity index (χ3n) is 2.93. The van der Waals surface area contributed by atoms with Gasteiger partial charge in [-0.25, -0.2) is 4.98 Å². The van der Waals surface area contributed by atoms with Gasteiger partial charge in [-0.15, -0.1) is 0 Å². The second-order valence-electron chi connectivity index (χ2n) is 4.47. The summed E-state index contributed by atoms with van der Waals surface area (Å²) in [5.74, 6) is 1.32. The van der Waals surface area contributed by atoms with Crippen LogP contribution < -0.4 is 10.1 Å². The molecular formula is C16H16ClN3O2. The zero-order valence-electron chi connectivity index (χ0n) is 12.2. The van der Waals surface area contributed by atoms with Crippen LogP contribution in [0.4, 0.5) is 5.82 Å². The number of rotatable bonds is 7. The van der Waals surface area contributed by atoms with Gasteiger partial charge in [-0.1, -0.05) is 29.8 Å². The lowest BCUT2D eigenvalue weighted by Crippen LogP contribution is -2.08. The van der Waals surface area contributed by atoms with Crippen LogP contribution in [0.15, 0.2) is 36.5 Å². The van der Waals surface area contributed by atoms with Crippen molar-refractivity contribution in [1.82, 2.24) is 4.98 Å². The molecule has 0 radical (unpaired) electrons. The van der Waals surface area contributed by atoms with Gasteiger partial charge in [0.25, 0.3) is 0 Å². The number of nitrogens with one attached hydrogen (secondary N) is 1. The normalized spacial score (nSPS) is 10.0. The number of ether oxygens (including phenoxy) is 2. The first-order valence-electron chi connectivity index (χ1n) is 6.73. The van der Waals surface area contributed by atoms with E-state index in [1.54, 1.807) is 13.2 Å². The molecule has 0 atom stereocenters. The zero-order chi connectivity index (χ0) is 15.8. The number of hydrogen-bond acceptors (Lipinski definition) is 5. The van der Waals surface area contributed by atoms with E-state index in [1.807, 2.05) is 30.3 Å². The Morgan fingerprint density at radius 3 is 2.86 bits per heavy atom. The molecule has 6 heteroatoms. The molecule has 0 bridgehead atoms. The number of hydrogen-bond donors (Lipinski definition) is 1. The third-order valence-corrected chi connectivity index (χ3v) is 3.22. The molecule has 0 aliphatic rings. The number of halogens is 1. The summed E-state index contributed by atoms with van der Waals surface area (Å²) in [6.07, 6.45) is 1.48. The van der Waals surface area contributed by atoms with Crippen molar-refractivity contribution in [3.05, 3.63) is 52.7 Å². The second kappa shape index (κ2) is 8.23. The molecule has 0 aliphatic carbocycles. The second-order valence-corrected chi connectivity index (χ2v) is 4.88. The summed E-state index contributed by atoms with van der Waals surface area (Å²) in [6.45, 7) is 1.54. The molecule has 1 aromatic carbocycles. The summed E-state index contributed by atoms with van der Waals surface area (Å²) in [5.41, 5.74) is 1.42. The monoisotopic (exact) mass is 317 g/mol. The van der Waals surface area contributed by atoms with Gasteiger partial charge in [-0.3, -0.25) is 0 Å². The summed E-state index contributed by atoms with van der Waals surface area (Å²) >= 11 is 6.09. The van der Waals surface area contributed by atoms with E-state index in [-0.39, 0.29) is 0 Å². The average molecular weight is 318 g/mol. The highest BCUT2D eigenvalue weighted by molar-refractivity contribution is 6.33. The fraction of sp³-hybridized carbons (Fsp3) is 0.250. The number of aromatic nitrogens is 1. The zero-order valence-corrected chi connectivity index (χ0v) is 12.9. The predicted molar refractivity (Wildman–Crippen MR) is 85.1 cm³/mol. The van der Waals surface area contributed by atoms with Gasteiger partial charge < -0.3 is 14.8 Å². The smallest absolute Gasteiger partial charge is 0.145 e. The molecule has 0 fully saturated rings. The van der Waals surface area contributed by atoms with Crippen LogP contribution in [-0.2, 0) is 11.3 Å². The topological polar surface area (TPSA) is 67.2 Å². The van der Waals surface area contributed by atoms with Gasteiger partial charge in [0.2, 0.25) is 0 Å². The number of para-hydroxylation sites is 1. The Kier molecular flexibility index (Phi) is 6.01. The van der Waals surface area contributed by atoms with Crippen molar-refractivity contribution in [3.63, 3.8) is 0 Å². The Bertz CT molecular complexity index is 671. The lowest BCUT2D eigenvalue weighted by molar-refractivity contribution is 0.146. The minimum atomic E-state index is 0.414. The van der Waals surface area contributed by atoms with E-state index < -0.39 is 0 Å². The largest absolute Gasteiger partial charge is 0.491 e. The van der Waals surface area contributed by atoms with Crippen molar-refractivity contribution in [3.8, 4) is 11.8 Å². The highest BCUT2D eigenvalue weighted by atomic mass is 35.5. The first-order valence-corrected chi connectivity index (χ1v) is 7.11. The first kappa shape index (κ1) is 16.1. The van der Waals surface area contributed by atoms with E-state index in [0.717, 1.165) is 11.3 Å². The van der Waals surface area contributed by atoms with Crippen LogP contribution >= 0.6 is 11.6 Å². The average Bonchev–Trinajstić information content (AvgIpc) is 2.55. The number of methoxy groups -OCH3 is 1. The number of nitriles is 1. The van der Waals surface area contributed by atoms with Crippen LogP contribution in [0.2, 0.25) is 5.02 Å². The molecule has 0 saturated heterocycles. The summed E-state index contributed by atoms with van der Waals surface area (Å²) in [4.78, 5) is 4.14. The fourth-order valence-electron chi connectivity index (χ4n) is 1.83.